The number of rotatable bonds is 3. The van der Waals surface area contributed by atoms with Crippen LogP contribution in [0.4, 0.5) is 0 Å². The maximum Gasteiger partial charge on any atom is 0.262 e. The molecule has 144 valence electrons. The molecule has 7 heteroatoms. The van der Waals surface area contributed by atoms with Crippen LogP contribution in [0.25, 0.3) is 10.1 Å². The number of nitrogens with zero attached hydrogens (tertiary/aromatic N) is 2. The lowest BCUT2D eigenvalue weighted by molar-refractivity contribution is -0.304. The molecule has 2 fully saturated rings. The van der Waals surface area contributed by atoms with E-state index < -0.39 is 11.5 Å². The number of thiophene rings is 1. The first kappa shape index (κ1) is 18.4. The Hall–Kier alpha value is -1.96. The van der Waals surface area contributed by atoms with E-state index in [2.05, 4.69) is 5.32 Å². The molecule has 27 heavy (non-hydrogen) atoms. The second-order valence-corrected chi connectivity index (χ2v) is 9.92. The summed E-state index contributed by atoms with van der Waals surface area (Å²) in [5.41, 5.74) is -0.759. The lowest BCUT2D eigenvalue weighted by atomic mass is 9.72. The molecule has 3 heterocycles. The normalized spacial score (nSPS) is 26.1. The lowest BCUT2D eigenvalue weighted by Crippen LogP contribution is -2.87. The fourth-order valence-electron chi connectivity index (χ4n) is 4.02. The predicted molar refractivity (Wildman–Crippen MR) is 105 cm³/mol. The van der Waals surface area contributed by atoms with E-state index in [1.165, 1.54) is 16.4 Å². The zero-order valence-electron chi connectivity index (χ0n) is 16.0. The van der Waals surface area contributed by atoms with Gasteiger partial charge >= 0.3 is 0 Å². The van der Waals surface area contributed by atoms with Gasteiger partial charge in [0.1, 0.15) is 6.04 Å². The van der Waals surface area contributed by atoms with Gasteiger partial charge in [0.25, 0.3) is 5.91 Å². The number of fused-ring (bicyclic) bond motifs is 2. The van der Waals surface area contributed by atoms with Gasteiger partial charge in [0, 0.05) is 17.8 Å². The van der Waals surface area contributed by atoms with Gasteiger partial charge < -0.3 is 15.4 Å². The number of carbonyl (C=O) groups is 2. The standard InChI is InChI=1S/C20H25N3O3S/c1-19(2,3)16(18(25)22-10-15-20(22,4)11-23(15)26)21-17(24)14-9-12-7-5-6-8-13(12)27-14/h5-9,15-16,26H,10-11H2,1-4H3,(H,21,24)/t15-,16?,20?/m1/s1. The van der Waals surface area contributed by atoms with E-state index in [-0.39, 0.29) is 23.4 Å². The minimum atomic E-state index is -0.624. The molecule has 4 rings (SSSR count). The van der Waals surface area contributed by atoms with Crippen molar-refractivity contribution in [3.05, 3.63) is 35.2 Å². The number of likely N-dealkylation sites (tertiary alicyclic amines) is 1. The molecule has 2 saturated heterocycles. The number of hydrogen-bond donors (Lipinski definition) is 2. The summed E-state index contributed by atoms with van der Waals surface area (Å²) in [4.78, 5) is 28.5. The predicted octanol–water partition coefficient (Wildman–Crippen LogP) is 2.72. The Kier molecular flexibility index (Phi) is 4.10. The molecular weight excluding hydrogens is 362 g/mol. The molecule has 2 aliphatic rings. The third kappa shape index (κ3) is 2.85. The van der Waals surface area contributed by atoms with E-state index in [1.807, 2.05) is 58.0 Å². The van der Waals surface area contributed by atoms with E-state index >= 15 is 0 Å². The number of piperazine rings is 1. The van der Waals surface area contributed by atoms with E-state index in [0.717, 1.165) is 10.1 Å². The molecule has 3 atom stereocenters. The Morgan fingerprint density at radius 1 is 1.33 bits per heavy atom. The van der Waals surface area contributed by atoms with Crippen molar-refractivity contribution in [1.82, 2.24) is 15.3 Å². The molecule has 0 spiro atoms. The van der Waals surface area contributed by atoms with Crippen molar-refractivity contribution in [1.29, 1.82) is 0 Å². The quantitative estimate of drug-likeness (QED) is 0.849. The van der Waals surface area contributed by atoms with Gasteiger partial charge in [-0.1, -0.05) is 39.0 Å². The molecular formula is C20H25N3O3S. The summed E-state index contributed by atoms with van der Waals surface area (Å²) in [6, 6.07) is 9.11. The summed E-state index contributed by atoms with van der Waals surface area (Å²) in [6.07, 6.45) is 0. The number of nitrogens with one attached hydrogen (secondary N) is 1. The van der Waals surface area contributed by atoms with Gasteiger partial charge in [-0.2, -0.15) is 5.06 Å². The maximum atomic E-state index is 13.2. The van der Waals surface area contributed by atoms with Crippen LogP contribution in [0.3, 0.4) is 0 Å². The second kappa shape index (κ2) is 6.02. The molecule has 1 aromatic heterocycles. The van der Waals surface area contributed by atoms with Gasteiger partial charge in [-0.15, -0.1) is 11.3 Å². The smallest absolute Gasteiger partial charge is 0.262 e. The monoisotopic (exact) mass is 387 g/mol. The Balaban J connectivity index is 1.54. The van der Waals surface area contributed by atoms with Gasteiger partial charge in [-0.3, -0.25) is 9.59 Å². The van der Waals surface area contributed by atoms with Crippen LogP contribution in [-0.2, 0) is 4.79 Å². The average Bonchev–Trinajstić information content (AvgIpc) is 3.01. The molecule has 6 nitrogen and oxygen atoms in total. The molecule has 2 N–H and O–H groups in total. The topological polar surface area (TPSA) is 72.9 Å². The highest BCUT2D eigenvalue weighted by Crippen LogP contribution is 2.43. The largest absolute Gasteiger partial charge is 0.339 e. The highest BCUT2D eigenvalue weighted by atomic mass is 32.1. The van der Waals surface area contributed by atoms with Gasteiger partial charge in [0.05, 0.1) is 16.5 Å². The van der Waals surface area contributed by atoms with Crippen LogP contribution in [0.1, 0.15) is 37.4 Å². The molecule has 0 radical (unpaired) electrons. The molecule has 1 aromatic carbocycles. The summed E-state index contributed by atoms with van der Waals surface area (Å²) in [5, 5.41) is 15.0. The van der Waals surface area contributed by atoms with Gasteiger partial charge in [-0.05, 0) is 29.9 Å². The molecule has 2 aromatic rings. The molecule has 2 amide bonds. The van der Waals surface area contributed by atoms with Crippen LogP contribution in [0.5, 0.6) is 0 Å². The highest BCUT2D eigenvalue weighted by Gasteiger charge is 2.64. The van der Waals surface area contributed by atoms with Crippen molar-refractivity contribution in [3.63, 3.8) is 0 Å². The van der Waals surface area contributed by atoms with Gasteiger partial charge in [0.2, 0.25) is 5.91 Å². The van der Waals surface area contributed by atoms with E-state index in [4.69, 9.17) is 0 Å². The fraction of sp³-hybridized carbons (Fsp3) is 0.500. The lowest BCUT2D eigenvalue weighted by Gasteiger charge is -2.67. The number of carbonyl (C=O) groups excluding carboxylic acids is 2. The zero-order valence-corrected chi connectivity index (χ0v) is 16.8. The summed E-state index contributed by atoms with van der Waals surface area (Å²) < 4.78 is 1.05. The third-order valence-corrected chi connectivity index (χ3v) is 6.95. The summed E-state index contributed by atoms with van der Waals surface area (Å²) >= 11 is 1.43. The number of hydroxylamine groups is 2. The first-order valence-electron chi connectivity index (χ1n) is 9.18. The van der Waals surface area contributed by atoms with E-state index in [0.29, 0.717) is 18.0 Å². The van der Waals surface area contributed by atoms with E-state index in [1.54, 1.807) is 4.90 Å². The summed E-state index contributed by atoms with van der Waals surface area (Å²) in [5.74, 6) is -0.298. The molecule has 2 aliphatic heterocycles. The van der Waals surface area contributed by atoms with Gasteiger partial charge in [-0.25, -0.2) is 0 Å². The Morgan fingerprint density at radius 2 is 2.04 bits per heavy atom. The second-order valence-electron chi connectivity index (χ2n) is 8.84. The van der Waals surface area contributed by atoms with Crippen molar-refractivity contribution < 1.29 is 14.8 Å². The Morgan fingerprint density at radius 3 is 2.59 bits per heavy atom. The molecule has 0 bridgehead atoms. The first-order valence-corrected chi connectivity index (χ1v) is 9.99. The average molecular weight is 388 g/mol. The van der Waals surface area contributed by atoms with Crippen LogP contribution in [0, 0.1) is 5.41 Å². The highest BCUT2D eigenvalue weighted by molar-refractivity contribution is 7.20. The summed E-state index contributed by atoms with van der Waals surface area (Å²) in [7, 11) is 0. The first-order chi connectivity index (χ1) is 12.6. The van der Waals surface area contributed by atoms with Crippen LogP contribution in [0.2, 0.25) is 0 Å². The number of benzene rings is 1. The van der Waals surface area contributed by atoms with Crippen molar-refractivity contribution in [2.75, 3.05) is 13.1 Å². The van der Waals surface area contributed by atoms with Crippen molar-refractivity contribution >= 4 is 33.2 Å². The van der Waals surface area contributed by atoms with Crippen LogP contribution < -0.4 is 5.32 Å². The SMILES string of the molecule is CC(C)(C)C(NC(=O)c1cc2ccccc2s1)C(=O)N1C[C@H]2N(O)CC21C. The molecule has 2 unspecified atom stereocenters. The van der Waals surface area contributed by atoms with Crippen molar-refractivity contribution in [2.24, 2.45) is 5.41 Å². The van der Waals surface area contributed by atoms with Crippen LogP contribution in [0.15, 0.2) is 30.3 Å². The maximum absolute atomic E-state index is 13.2. The number of hydrogen-bond acceptors (Lipinski definition) is 5. The Labute approximate surface area is 162 Å². The van der Waals surface area contributed by atoms with Crippen LogP contribution in [-0.4, -0.2) is 57.7 Å². The third-order valence-electron chi connectivity index (χ3n) is 5.84. The molecule has 0 saturated carbocycles. The van der Waals surface area contributed by atoms with Crippen LogP contribution >= 0.6 is 11.3 Å². The molecule has 0 aliphatic carbocycles. The van der Waals surface area contributed by atoms with Crippen molar-refractivity contribution in [2.45, 2.75) is 45.3 Å². The minimum absolute atomic E-state index is 0.000338. The fourth-order valence-corrected chi connectivity index (χ4v) is 4.99. The van der Waals surface area contributed by atoms with Gasteiger partial charge in [0.15, 0.2) is 0 Å². The number of amides is 2. The summed E-state index contributed by atoms with van der Waals surface area (Å²) in [6.45, 7) is 8.81. The zero-order chi connectivity index (χ0) is 19.6. The Bertz CT molecular complexity index is 886. The van der Waals surface area contributed by atoms with Crippen molar-refractivity contribution in [3.8, 4) is 0 Å². The van der Waals surface area contributed by atoms with E-state index in [9.17, 15) is 14.8 Å². The minimum Gasteiger partial charge on any atom is -0.339 e.